The van der Waals surface area contributed by atoms with E-state index < -0.39 is 0 Å². The van der Waals surface area contributed by atoms with Crippen LogP contribution in [0.4, 0.5) is 5.69 Å². The van der Waals surface area contributed by atoms with Crippen LogP contribution in [0, 0.1) is 0 Å². The van der Waals surface area contributed by atoms with Gasteiger partial charge in [-0.3, -0.25) is 0 Å². The number of nitrogens with one attached hydrogen (secondary N) is 1. The first-order valence-corrected chi connectivity index (χ1v) is 7.29. The van der Waals surface area contributed by atoms with Crippen molar-refractivity contribution in [2.75, 3.05) is 25.0 Å². The maximum absolute atomic E-state index is 4.22. The predicted octanol–water partition coefficient (Wildman–Crippen LogP) is 2.16. The van der Waals surface area contributed by atoms with Crippen molar-refractivity contribution in [2.45, 2.75) is 25.8 Å². The smallest absolute Gasteiger partial charge is 0.138 e. The lowest BCUT2D eigenvalue weighted by Gasteiger charge is -2.32. The van der Waals surface area contributed by atoms with Gasteiger partial charge >= 0.3 is 0 Å². The summed E-state index contributed by atoms with van der Waals surface area (Å²) in [6.07, 6.45) is 5.69. The van der Waals surface area contributed by atoms with Crippen LogP contribution < -0.4 is 5.32 Å². The van der Waals surface area contributed by atoms with Gasteiger partial charge in [0, 0.05) is 19.1 Å². The molecule has 1 aromatic carbocycles. The van der Waals surface area contributed by atoms with E-state index in [0.29, 0.717) is 6.04 Å². The van der Waals surface area contributed by atoms with Gasteiger partial charge in [0.05, 0.1) is 11.4 Å². The van der Waals surface area contributed by atoms with Crippen LogP contribution in [0.15, 0.2) is 36.9 Å². The monoisotopic (exact) mass is 271 g/mol. The topological polar surface area (TPSA) is 46.0 Å². The van der Waals surface area contributed by atoms with Gasteiger partial charge in [0.2, 0.25) is 0 Å². The highest BCUT2D eigenvalue weighted by Gasteiger charge is 2.18. The lowest BCUT2D eigenvalue weighted by Crippen LogP contribution is -2.39. The molecule has 0 radical (unpaired) electrons. The lowest BCUT2D eigenvalue weighted by molar-refractivity contribution is 0.229. The van der Waals surface area contributed by atoms with Crippen molar-refractivity contribution >= 4 is 5.69 Å². The average molecular weight is 271 g/mol. The molecule has 1 aliphatic rings. The number of rotatable bonds is 4. The number of nitrogens with zero attached hydrogens (tertiary/aromatic N) is 4. The summed E-state index contributed by atoms with van der Waals surface area (Å²) in [5, 5.41) is 7.89. The average Bonchev–Trinajstić information content (AvgIpc) is 3.03. The fourth-order valence-corrected chi connectivity index (χ4v) is 2.74. The van der Waals surface area contributed by atoms with Crippen molar-refractivity contribution < 1.29 is 0 Å². The molecule has 1 aromatic heterocycles. The molecule has 2 aromatic rings. The Morgan fingerprint density at radius 3 is 2.75 bits per heavy atom. The minimum atomic E-state index is 0.544. The Morgan fingerprint density at radius 2 is 2.05 bits per heavy atom. The second kappa shape index (κ2) is 6.05. The molecule has 0 saturated carbocycles. The predicted molar refractivity (Wildman–Crippen MR) is 80.1 cm³/mol. The van der Waals surface area contributed by atoms with Gasteiger partial charge in [-0.15, -0.1) is 0 Å². The van der Waals surface area contributed by atoms with E-state index in [1.165, 1.54) is 25.9 Å². The molecule has 5 heteroatoms. The van der Waals surface area contributed by atoms with E-state index in [1.807, 2.05) is 10.7 Å². The highest BCUT2D eigenvalue weighted by molar-refractivity contribution is 5.60. The fourth-order valence-electron chi connectivity index (χ4n) is 2.74. The van der Waals surface area contributed by atoms with E-state index in [9.17, 15) is 0 Å². The quantitative estimate of drug-likeness (QED) is 0.925. The summed E-state index contributed by atoms with van der Waals surface area (Å²) in [5.41, 5.74) is 2.19. The Morgan fingerprint density at radius 1 is 1.25 bits per heavy atom. The van der Waals surface area contributed by atoms with Crippen LogP contribution in [0.1, 0.15) is 19.8 Å². The Balaban J connectivity index is 1.72. The molecule has 0 amide bonds. The van der Waals surface area contributed by atoms with Gasteiger partial charge in [0.25, 0.3) is 0 Å². The van der Waals surface area contributed by atoms with E-state index in [2.05, 4.69) is 45.4 Å². The number of aromatic nitrogens is 3. The zero-order valence-corrected chi connectivity index (χ0v) is 11.9. The Bertz CT molecular complexity index is 529. The van der Waals surface area contributed by atoms with Crippen LogP contribution in [-0.4, -0.2) is 45.3 Å². The Labute approximate surface area is 119 Å². The van der Waals surface area contributed by atoms with Crippen LogP contribution in [0.2, 0.25) is 0 Å². The Kier molecular flexibility index (Phi) is 3.97. The van der Waals surface area contributed by atoms with Crippen molar-refractivity contribution in [3.05, 3.63) is 36.9 Å². The molecule has 2 heterocycles. The van der Waals surface area contributed by atoms with Gasteiger partial charge in [-0.2, -0.15) is 5.10 Å². The number of likely N-dealkylation sites (tertiary alicyclic amines) is 1. The third-order valence-electron chi connectivity index (χ3n) is 3.96. The van der Waals surface area contributed by atoms with Gasteiger partial charge in [0.15, 0.2) is 0 Å². The van der Waals surface area contributed by atoms with Crippen molar-refractivity contribution in [3.63, 3.8) is 0 Å². The van der Waals surface area contributed by atoms with Crippen LogP contribution in [-0.2, 0) is 0 Å². The van der Waals surface area contributed by atoms with Crippen LogP contribution >= 0.6 is 0 Å². The van der Waals surface area contributed by atoms with E-state index in [1.54, 1.807) is 12.7 Å². The molecular formula is C15H21N5. The number of para-hydroxylation sites is 2. The fraction of sp³-hybridized carbons (Fsp3) is 0.467. The van der Waals surface area contributed by atoms with Gasteiger partial charge in [0.1, 0.15) is 12.7 Å². The molecule has 3 rings (SSSR count). The highest BCUT2D eigenvalue weighted by Crippen LogP contribution is 2.22. The number of anilines is 1. The number of hydrogen-bond donors (Lipinski definition) is 1. The molecule has 0 aliphatic carbocycles. The Hall–Kier alpha value is -1.88. The minimum Gasteiger partial charge on any atom is -0.380 e. The second-order valence-electron chi connectivity index (χ2n) is 5.21. The zero-order chi connectivity index (χ0) is 13.8. The minimum absolute atomic E-state index is 0.544. The zero-order valence-electron chi connectivity index (χ0n) is 11.9. The summed E-state index contributed by atoms with van der Waals surface area (Å²) in [4.78, 5) is 6.53. The molecule has 0 spiro atoms. The molecule has 0 unspecified atom stereocenters. The molecule has 1 N–H and O–H groups in total. The summed E-state index contributed by atoms with van der Waals surface area (Å²) in [5.74, 6) is 0. The van der Waals surface area contributed by atoms with Gasteiger partial charge in [-0.1, -0.05) is 19.1 Å². The van der Waals surface area contributed by atoms with Crippen LogP contribution in [0.25, 0.3) is 5.69 Å². The van der Waals surface area contributed by atoms with Crippen molar-refractivity contribution in [2.24, 2.45) is 0 Å². The molecule has 0 atom stereocenters. The summed E-state index contributed by atoms with van der Waals surface area (Å²) < 4.78 is 1.81. The molecule has 1 saturated heterocycles. The first kappa shape index (κ1) is 13.1. The van der Waals surface area contributed by atoms with Crippen LogP contribution in [0.5, 0.6) is 0 Å². The van der Waals surface area contributed by atoms with E-state index in [4.69, 9.17) is 0 Å². The molecule has 5 nitrogen and oxygen atoms in total. The highest BCUT2D eigenvalue weighted by atomic mass is 15.3. The normalized spacial score (nSPS) is 17.2. The maximum atomic E-state index is 4.22. The second-order valence-corrected chi connectivity index (χ2v) is 5.21. The third kappa shape index (κ3) is 2.82. The maximum Gasteiger partial charge on any atom is 0.138 e. The largest absolute Gasteiger partial charge is 0.380 e. The molecular weight excluding hydrogens is 250 g/mol. The van der Waals surface area contributed by atoms with E-state index >= 15 is 0 Å². The summed E-state index contributed by atoms with van der Waals surface area (Å²) in [6, 6.07) is 8.81. The lowest BCUT2D eigenvalue weighted by atomic mass is 10.0. The van der Waals surface area contributed by atoms with Crippen molar-refractivity contribution in [3.8, 4) is 5.69 Å². The van der Waals surface area contributed by atoms with Crippen LogP contribution in [0.3, 0.4) is 0 Å². The standard InChI is InChI=1S/C15H21N5/c1-2-19-9-7-13(8-10-19)18-14-5-3-4-6-15(14)20-12-16-11-17-20/h3-6,11-13,18H,2,7-10H2,1H3. The molecule has 0 bridgehead atoms. The first-order chi connectivity index (χ1) is 9.86. The third-order valence-corrected chi connectivity index (χ3v) is 3.96. The number of piperidine rings is 1. The van der Waals surface area contributed by atoms with Crippen molar-refractivity contribution in [1.29, 1.82) is 0 Å². The van der Waals surface area contributed by atoms with E-state index in [-0.39, 0.29) is 0 Å². The number of hydrogen-bond acceptors (Lipinski definition) is 4. The number of benzene rings is 1. The summed E-state index contributed by atoms with van der Waals surface area (Å²) in [7, 11) is 0. The van der Waals surface area contributed by atoms with Gasteiger partial charge in [-0.25, -0.2) is 9.67 Å². The van der Waals surface area contributed by atoms with E-state index in [0.717, 1.165) is 17.9 Å². The van der Waals surface area contributed by atoms with Crippen molar-refractivity contribution in [1.82, 2.24) is 19.7 Å². The molecule has 1 fully saturated rings. The first-order valence-electron chi connectivity index (χ1n) is 7.29. The summed E-state index contributed by atoms with van der Waals surface area (Å²) >= 11 is 0. The van der Waals surface area contributed by atoms with Gasteiger partial charge in [-0.05, 0) is 31.5 Å². The molecule has 20 heavy (non-hydrogen) atoms. The molecule has 106 valence electrons. The van der Waals surface area contributed by atoms with Gasteiger partial charge < -0.3 is 10.2 Å². The molecule has 1 aliphatic heterocycles. The summed E-state index contributed by atoms with van der Waals surface area (Å²) in [6.45, 7) is 5.75. The SMILES string of the molecule is CCN1CCC(Nc2ccccc2-n2cncn2)CC1.